The maximum absolute atomic E-state index is 10.0. The molecule has 0 bridgehead atoms. The summed E-state index contributed by atoms with van der Waals surface area (Å²) in [5.74, 6) is 0.988. The quantitative estimate of drug-likeness (QED) is 0.0872. The fourth-order valence-corrected chi connectivity index (χ4v) is 5.68. The standard InChI is InChI=1S/C12H8N3O.C6H5N4O.2C6H3N2O2.C6H3N2OS.C5H3N4O.C5H8O2.4Ir.2Pt/c1-2-4-10(5-3-1)11-6-13-15(8-11)12-7-14-16-9-12;1-10-4-7-6(9-10)5-2-8-11-3-5;1-5(2-10-8-1)6-3-9-4-7-6;1-2-9-6(7-1)5-3-8-10-4-5;1-2-10-6(7-1)5-3-8-9-4-5;1-2-9(8-6-1)5-3-7-10-4-5;1-4(6)3-5(2)7;;;;;;/h1-6,8-9H;3-4H,1H3;2-4H;3*1-2,4H;3,6H,1-2H3;;;;;;/q6*-1;;;;;;;. The molecule has 0 aliphatic heterocycles. The van der Waals surface area contributed by atoms with E-state index >= 15 is 0 Å². The Bertz CT molecular complexity index is 3070. The van der Waals surface area contributed by atoms with Crippen molar-refractivity contribution in [2.45, 2.75) is 13.8 Å². The van der Waals surface area contributed by atoms with Gasteiger partial charge in [-0.25, -0.2) is 15.4 Å². The van der Waals surface area contributed by atoms with Crippen molar-refractivity contribution in [3.05, 3.63) is 185 Å². The number of hydrogen-bond acceptors (Lipinski definition) is 25. The van der Waals surface area contributed by atoms with Gasteiger partial charge in [0.2, 0.25) is 0 Å². The van der Waals surface area contributed by atoms with Gasteiger partial charge in [0.15, 0.2) is 12.2 Å². The summed E-state index contributed by atoms with van der Waals surface area (Å²) in [6.45, 7) is 2.85. The molecule has 0 fully saturated rings. The number of allylic oxidation sites excluding steroid dienone is 2. The number of oxazole rings is 2. The first kappa shape index (κ1) is 71.2. The third-order valence-corrected chi connectivity index (χ3v) is 9.01. The third kappa shape index (κ3) is 23.9. The first-order chi connectivity index (χ1) is 36.3. The van der Waals surface area contributed by atoms with Crippen LogP contribution in [-0.4, -0.2) is 96.3 Å². The van der Waals surface area contributed by atoms with Gasteiger partial charge in [-0.2, -0.15) is 37.1 Å². The van der Waals surface area contributed by atoms with E-state index < -0.39 is 0 Å². The molecule has 34 heteroatoms. The SMILES string of the molecule is CC(=O)C=C(C)O.Cn1cnc(-c2[c-]noc2)n1.[Ir].[Ir].[Ir].[Ir].[Pt].[Pt].[c-]1nocc1-c1cocn1.[c-]1nocc1-c1ncco1.[c-]1nocc1-c1nccs1.[c-]1nocc1-n1cc(-c2ccccc2)cn1.[c-]1nocc1-n1ccnn1. The minimum Gasteiger partial charge on any atom is -0.512 e. The predicted molar refractivity (Wildman–Crippen MR) is 249 cm³/mol. The summed E-state index contributed by atoms with van der Waals surface area (Å²) in [5, 5.41) is 47.2. The van der Waals surface area contributed by atoms with Crippen LogP contribution in [0.1, 0.15) is 13.8 Å². The number of aryl methyl sites for hydroxylation is 1. The van der Waals surface area contributed by atoms with Crippen LogP contribution >= 0.6 is 11.3 Å². The monoisotopic (exact) mass is 2180 g/mol. The summed E-state index contributed by atoms with van der Waals surface area (Å²) in [4.78, 5) is 25.8. The molecule has 0 saturated carbocycles. The number of aliphatic hydroxyl groups excluding tert-OH is 1. The van der Waals surface area contributed by atoms with Crippen molar-refractivity contribution in [3.63, 3.8) is 0 Å². The Morgan fingerprint density at radius 1 is 0.650 bits per heavy atom. The van der Waals surface area contributed by atoms with Crippen LogP contribution in [0.25, 0.3) is 67.2 Å². The summed E-state index contributed by atoms with van der Waals surface area (Å²) >= 11 is 1.54. The molecule has 1 N–H and O–H groups in total. The predicted octanol–water partition coefficient (Wildman–Crippen LogP) is 7.53. The molecule has 80 heavy (non-hydrogen) atoms. The van der Waals surface area contributed by atoms with E-state index in [2.05, 4.69) is 131 Å². The number of carbonyl (C=O) groups excluding carboxylic acids is 1. The maximum Gasteiger partial charge on any atom is 0.167 e. The Morgan fingerprint density at radius 3 is 1.71 bits per heavy atom. The fourth-order valence-electron chi connectivity index (χ4n) is 5.09. The van der Waals surface area contributed by atoms with E-state index in [0.717, 1.165) is 21.7 Å². The number of aliphatic hydroxyl groups is 1. The number of hydrogen-bond donors (Lipinski definition) is 1. The average molecular weight is 2170 g/mol. The Balaban J connectivity index is 0.000000466. The van der Waals surface area contributed by atoms with Crippen molar-refractivity contribution in [2.75, 3.05) is 0 Å². The number of ketones is 1. The molecule has 0 aliphatic rings. The van der Waals surface area contributed by atoms with E-state index in [1.165, 1.54) is 92.4 Å². The van der Waals surface area contributed by atoms with E-state index in [-0.39, 0.29) is 134 Å². The largest absolute Gasteiger partial charge is 0.512 e. The zero-order valence-electron chi connectivity index (χ0n) is 40.4. The summed E-state index contributed by atoms with van der Waals surface area (Å²) in [7, 11) is 1.80. The summed E-state index contributed by atoms with van der Waals surface area (Å²) in [6, 6.07) is 10.1. The first-order valence-electron chi connectivity index (χ1n) is 20.6. The number of nitrogens with zero attached hydrogens (tertiary/aromatic N) is 17. The van der Waals surface area contributed by atoms with Gasteiger partial charge in [-0.05, 0) is 73.5 Å². The summed E-state index contributed by atoms with van der Waals surface area (Å²) < 4.78 is 42.0. The van der Waals surface area contributed by atoms with E-state index in [1.54, 1.807) is 53.7 Å². The number of thiazole rings is 1. The van der Waals surface area contributed by atoms with E-state index in [4.69, 9.17) is 18.5 Å². The second-order valence-electron chi connectivity index (χ2n) is 13.6. The molecule has 0 atom stereocenters. The molecular weight excluding hydrogens is 2140 g/mol. The molecule has 27 nitrogen and oxygen atoms in total. The van der Waals surface area contributed by atoms with Crippen LogP contribution < -0.4 is 0 Å². The minimum absolute atomic E-state index is 0. The van der Waals surface area contributed by atoms with Crippen molar-refractivity contribution in [1.82, 2.24) is 85.4 Å². The van der Waals surface area contributed by atoms with Gasteiger partial charge in [-0.15, -0.1) is 10.7 Å². The first-order valence-corrected chi connectivity index (χ1v) is 21.5. The fraction of sp³-hybridized carbons (Fsp3) is 0.0652. The maximum atomic E-state index is 10.0. The number of carbonyl (C=O) groups is 1. The van der Waals surface area contributed by atoms with E-state index in [1.807, 2.05) is 41.9 Å². The zero-order chi connectivity index (χ0) is 51.6. The third-order valence-electron chi connectivity index (χ3n) is 8.20. The Morgan fingerprint density at radius 2 is 1.25 bits per heavy atom. The van der Waals surface area contributed by atoms with Gasteiger partial charge in [0.05, 0.1) is 42.8 Å². The topological polar surface area (TPSA) is 338 Å². The van der Waals surface area contributed by atoms with E-state index in [9.17, 15) is 4.79 Å². The molecule has 12 aromatic heterocycles. The summed E-state index contributed by atoms with van der Waals surface area (Å²) in [5.41, 5.74) is 7.03. The number of benzene rings is 1. The van der Waals surface area contributed by atoms with Crippen molar-refractivity contribution in [1.29, 1.82) is 0 Å². The van der Waals surface area contributed by atoms with Crippen molar-refractivity contribution < 1.29 is 168 Å². The van der Waals surface area contributed by atoms with Crippen LogP contribution in [0.3, 0.4) is 0 Å². The van der Waals surface area contributed by atoms with Crippen LogP contribution in [0.5, 0.6) is 0 Å². The normalized spacial score (nSPS) is 9.51. The Kier molecular flexibility index (Phi) is 35.2. The number of rotatable bonds is 8. The Labute approximate surface area is 538 Å². The van der Waals surface area contributed by atoms with Gasteiger partial charge in [0, 0.05) is 202 Å². The van der Waals surface area contributed by atoms with Gasteiger partial charge in [0.1, 0.15) is 5.89 Å². The second-order valence-corrected chi connectivity index (χ2v) is 14.5. The van der Waals surface area contributed by atoms with Gasteiger partial charge in [-0.3, -0.25) is 33.8 Å². The van der Waals surface area contributed by atoms with Gasteiger partial charge >= 0.3 is 0 Å². The van der Waals surface area contributed by atoms with Crippen LogP contribution in [0, 0.1) is 37.2 Å². The van der Waals surface area contributed by atoms with E-state index in [0.29, 0.717) is 45.5 Å². The molecule has 1 aromatic carbocycles. The van der Waals surface area contributed by atoms with Crippen molar-refractivity contribution in [3.8, 4) is 67.2 Å². The molecule has 430 valence electrons. The van der Waals surface area contributed by atoms with Gasteiger partial charge < -0.3 is 46.1 Å². The van der Waals surface area contributed by atoms with Crippen LogP contribution in [-0.2, 0) is 134 Å². The molecule has 13 rings (SSSR count). The number of aromatic nitrogens is 17. The van der Waals surface area contributed by atoms with Crippen molar-refractivity contribution in [2.24, 2.45) is 7.05 Å². The van der Waals surface area contributed by atoms with Crippen LogP contribution in [0.2, 0.25) is 0 Å². The molecule has 0 spiro atoms. The molecule has 0 saturated heterocycles. The molecule has 4 radical (unpaired) electrons. The zero-order valence-corrected chi connectivity index (χ0v) is 55.3. The van der Waals surface area contributed by atoms with Gasteiger partial charge in [0.25, 0.3) is 0 Å². The molecule has 12 heterocycles. The second kappa shape index (κ2) is 39.6. The van der Waals surface area contributed by atoms with Crippen LogP contribution in [0.15, 0.2) is 184 Å². The molecule has 13 aromatic rings. The molecular formula is C46H33Ir4N17O10Pt2S-6. The average Bonchev–Trinajstić information content (AvgIpc) is 4.26. The minimum atomic E-state index is -0.125. The Hall–Kier alpha value is -6.80. The van der Waals surface area contributed by atoms with Crippen LogP contribution in [0.4, 0.5) is 0 Å². The molecule has 0 unspecified atom stereocenters. The van der Waals surface area contributed by atoms with Crippen molar-refractivity contribution >= 4 is 17.1 Å². The summed E-state index contributed by atoms with van der Waals surface area (Å²) in [6.07, 6.45) is 41.9. The smallest absolute Gasteiger partial charge is 0.167 e. The molecule has 0 aliphatic carbocycles. The van der Waals surface area contributed by atoms with Gasteiger partial charge in [-0.1, -0.05) is 64.6 Å². The molecule has 0 amide bonds.